The summed E-state index contributed by atoms with van der Waals surface area (Å²) in [5.74, 6) is 0.116. The number of halogens is 1. The van der Waals surface area contributed by atoms with Crippen LogP contribution in [-0.4, -0.2) is 5.91 Å². The highest BCUT2D eigenvalue weighted by atomic mass is 35.5. The molecular weight excluding hydrogens is 222 g/mol. The van der Waals surface area contributed by atoms with Crippen LogP contribution < -0.4 is 5.32 Å². The lowest BCUT2D eigenvalue weighted by atomic mass is 9.81. The molecular formula is C13H16ClNO. The molecule has 0 aromatic heterocycles. The third kappa shape index (κ3) is 1.82. The van der Waals surface area contributed by atoms with E-state index in [0.29, 0.717) is 0 Å². The highest BCUT2D eigenvalue weighted by Gasteiger charge is 2.46. The Kier molecular flexibility index (Phi) is 2.50. The summed E-state index contributed by atoms with van der Waals surface area (Å²) >= 11 is 5.86. The van der Waals surface area contributed by atoms with Crippen LogP contribution >= 0.6 is 11.6 Å². The maximum absolute atomic E-state index is 11.8. The monoisotopic (exact) mass is 237 g/mol. The smallest absolute Gasteiger partial charge is 0.226 e. The predicted octanol–water partition coefficient (Wildman–Crippen LogP) is 3.10. The third-order valence-corrected chi connectivity index (χ3v) is 3.53. The van der Waals surface area contributed by atoms with Gasteiger partial charge in [0, 0.05) is 10.4 Å². The first-order chi connectivity index (χ1) is 7.33. The van der Waals surface area contributed by atoms with Crippen molar-refractivity contribution in [1.29, 1.82) is 0 Å². The first-order valence-corrected chi connectivity index (χ1v) is 5.80. The SMILES string of the molecule is CC1(C)CC(C)(c2ccc(Cl)cc2)NC1=O. The molecule has 2 nitrogen and oxygen atoms in total. The van der Waals surface area contributed by atoms with E-state index in [1.807, 2.05) is 38.1 Å². The molecule has 1 amide bonds. The van der Waals surface area contributed by atoms with E-state index in [0.717, 1.165) is 17.0 Å². The second kappa shape index (κ2) is 3.49. The molecule has 1 heterocycles. The van der Waals surface area contributed by atoms with Crippen molar-refractivity contribution in [2.75, 3.05) is 0 Å². The summed E-state index contributed by atoms with van der Waals surface area (Å²) in [6.45, 7) is 6.01. The Bertz CT molecular complexity index is 424. The molecule has 0 aliphatic carbocycles. The van der Waals surface area contributed by atoms with Crippen molar-refractivity contribution in [2.45, 2.75) is 32.7 Å². The molecule has 1 fully saturated rings. The van der Waals surface area contributed by atoms with Crippen molar-refractivity contribution in [3.8, 4) is 0 Å². The zero-order valence-electron chi connectivity index (χ0n) is 9.80. The number of hydrogen-bond donors (Lipinski definition) is 1. The van der Waals surface area contributed by atoms with Crippen molar-refractivity contribution >= 4 is 17.5 Å². The van der Waals surface area contributed by atoms with Crippen LogP contribution in [-0.2, 0) is 10.3 Å². The fourth-order valence-electron chi connectivity index (χ4n) is 2.42. The number of nitrogens with one attached hydrogen (secondary N) is 1. The van der Waals surface area contributed by atoms with Crippen LogP contribution in [0.25, 0.3) is 0 Å². The van der Waals surface area contributed by atoms with E-state index < -0.39 is 0 Å². The molecule has 1 unspecified atom stereocenters. The molecule has 16 heavy (non-hydrogen) atoms. The van der Waals surface area contributed by atoms with Crippen molar-refractivity contribution < 1.29 is 4.79 Å². The Morgan fingerprint density at radius 1 is 1.19 bits per heavy atom. The zero-order valence-corrected chi connectivity index (χ0v) is 10.6. The number of carbonyl (C=O) groups is 1. The average molecular weight is 238 g/mol. The van der Waals surface area contributed by atoms with E-state index in [1.165, 1.54) is 0 Å². The lowest BCUT2D eigenvalue weighted by Crippen LogP contribution is -2.35. The Balaban J connectivity index is 2.35. The van der Waals surface area contributed by atoms with Gasteiger partial charge < -0.3 is 5.32 Å². The number of benzene rings is 1. The van der Waals surface area contributed by atoms with Crippen molar-refractivity contribution in [3.05, 3.63) is 34.9 Å². The van der Waals surface area contributed by atoms with E-state index >= 15 is 0 Å². The minimum absolute atomic E-state index is 0.116. The highest BCUT2D eigenvalue weighted by molar-refractivity contribution is 6.30. The standard InChI is InChI=1S/C13H16ClNO/c1-12(2)8-13(3,15-11(12)16)9-4-6-10(14)7-5-9/h4-7H,8H2,1-3H3,(H,15,16). The Labute approximate surface area is 101 Å². The number of carbonyl (C=O) groups excluding carboxylic acids is 1. The van der Waals surface area contributed by atoms with Gasteiger partial charge in [0.05, 0.1) is 5.54 Å². The molecule has 1 aromatic rings. The van der Waals surface area contributed by atoms with Crippen LogP contribution in [0.15, 0.2) is 24.3 Å². The number of rotatable bonds is 1. The van der Waals surface area contributed by atoms with Gasteiger partial charge in [0.1, 0.15) is 0 Å². The zero-order chi connectivity index (χ0) is 12.0. The normalized spacial score (nSPS) is 27.9. The molecule has 1 atom stereocenters. The fourth-order valence-corrected chi connectivity index (χ4v) is 2.55. The third-order valence-electron chi connectivity index (χ3n) is 3.28. The molecule has 86 valence electrons. The second-order valence-corrected chi connectivity index (χ2v) is 5.79. The largest absolute Gasteiger partial charge is 0.346 e. The number of hydrogen-bond acceptors (Lipinski definition) is 1. The molecule has 0 bridgehead atoms. The molecule has 0 radical (unpaired) electrons. The van der Waals surface area contributed by atoms with Gasteiger partial charge in [-0.2, -0.15) is 0 Å². The maximum Gasteiger partial charge on any atom is 0.226 e. The van der Waals surface area contributed by atoms with E-state index in [2.05, 4.69) is 12.2 Å². The summed E-state index contributed by atoms with van der Waals surface area (Å²) in [7, 11) is 0. The van der Waals surface area contributed by atoms with Gasteiger partial charge in [-0.15, -0.1) is 0 Å². The summed E-state index contributed by atoms with van der Waals surface area (Å²) in [5, 5.41) is 3.79. The van der Waals surface area contributed by atoms with Crippen molar-refractivity contribution in [2.24, 2.45) is 5.41 Å². The van der Waals surface area contributed by atoms with E-state index in [4.69, 9.17) is 11.6 Å². The van der Waals surface area contributed by atoms with Gasteiger partial charge in [-0.05, 0) is 31.0 Å². The van der Waals surface area contributed by atoms with Crippen molar-refractivity contribution in [3.63, 3.8) is 0 Å². The van der Waals surface area contributed by atoms with Crippen LogP contribution in [0.3, 0.4) is 0 Å². The Morgan fingerprint density at radius 3 is 2.19 bits per heavy atom. The maximum atomic E-state index is 11.8. The molecule has 0 spiro atoms. The lowest BCUT2D eigenvalue weighted by molar-refractivity contribution is -0.126. The molecule has 3 heteroatoms. The Morgan fingerprint density at radius 2 is 1.75 bits per heavy atom. The van der Waals surface area contributed by atoms with Crippen molar-refractivity contribution in [1.82, 2.24) is 5.32 Å². The van der Waals surface area contributed by atoms with Gasteiger partial charge in [0.25, 0.3) is 0 Å². The number of amides is 1. The van der Waals surface area contributed by atoms with Crippen LogP contribution in [0, 0.1) is 5.41 Å². The lowest BCUT2D eigenvalue weighted by Gasteiger charge is -2.25. The van der Waals surface area contributed by atoms with Crippen LogP contribution in [0.1, 0.15) is 32.8 Å². The van der Waals surface area contributed by atoms with Crippen LogP contribution in [0.4, 0.5) is 0 Å². The summed E-state index contributed by atoms with van der Waals surface area (Å²) in [6, 6.07) is 7.67. The summed E-state index contributed by atoms with van der Waals surface area (Å²) in [6.07, 6.45) is 0.806. The van der Waals surface area contributed by atoms with E-state index in [1.54, 1.807) is 0 Å². The first-order valence-electron chi connectivity index (χ1n) is 5.42. The Hall–Kier alpha value is -1.02. The molecule has 1 aliphatic rings. The van der Waals surface area contributed by atoms with Gasteiger partial charge in [-0.1, -0.05) is 37.6 Å². The van der Waals surface area contributed by atoms with E-state index in [-0.39, 0.29) is 16.9 Å². The van der Waals surface area contributed by atoms with Gasteiger partial charge in [0.2, 0.25) is 5.91 Å². The van der Waals surface area contributed by atoms with Gasteiger partial charge >= 0.3 is 0 Å². The minimum atomic E-state index is -0.297. The highest BCUT2D eigenvalue weighted by Crippen LogP contribution is 2.41. The molecule has 2 rings (SSSR count). The second-order valence-electron chi connectivity index (χ2n) is 5.35. The quantitative estimate of drug-likeness (QED) is 0.799. The average Bonchev–Trinajstić information content (AvgIpc) is 2.37. The summed E-state index contributed by atoms with van der Waals surface area (Å²) in [5.41, 5.74) is 0.537. The van der Waals surface area contributed by atoms with E-state index in [9.17, 15) is 4.79 Å². The van der Waals surface area contributed by atoms with Crippen LogP contribution in [0.2, 0.25) is 5.02 Å². The van der Waals surface area contributed by atoms with Crippen LogP contribution in [0.5, 0.6) is 0 Å². The summed E-state index contributed by atoms with van der Waals surface area (Å²) < 4.78 is 0. The van der Waals surface area contributed by atoms with Gasteiger partial charge in [-0.3, -0.25) is 4.79 Å². The minimum Gasteiger partial charge on any atom is -0.346 e. The molecule has 0 saturated carbocycles. The molecule has 1 aliphatic heterocycles. The first kappa shape index (κ1) is 11.5. The predicted molar refractivity (Wildman–Crippen MR) is 65.3 cm³/mol. The molecule has 1 aromatic carbocycles. The summed E-state index contributed by atoms with van der Waals surface area (Å²) in [4.78, 5) is 11.8. The molecule has 1 N–H and O–H groups in total. The van der Waals surface area contributed by atoms with Gasteiger partial charge in [0.15, 0.2) is 0 Å². The topological polar surface area (TPSA) is 29.1 Å². The van der Waals surface area contributed by atoms with Gasteiger partial charge in [-0.25, -0.2) is 0 Å². The fraction of sp³-hybridized carbons (Fsp3) is 0.462. The molecule has 1 saturated heterocycles.